The summed E-state index contributed by atoms with van der Waals surface area (Å²) < 4.78 is 0.829. The molecule has 0 saturated carbocycles. The Morgan fingerprint density at radius 1 is 1.32 bits per heavy atom. The summed E-state index contributed by atoms with van der Waals surface area (Å²) in [6, 6.07) is 3.45. The maximum absolute atomic E-state index is 11.7. The van der Waals surface area contributed by atoms with Crippen LogP contribution in [0.1, 0.15) is 12.8 Å². The van der Waals surface area contributed by atoms with E-state index in [2.05, 4.69) is 26.2 Å². The molecule has 100 valence electrons. The highest BCUT2D eigenvalue weighted by Crippen LogP contribution is 2.12. The summed E-state index contributed by atoms with van der Waals surface area (Å²) >= 11 is 3.29. The lowest BCUT2D eigenvalue weighted by atomic mass is 10.4. The number of anilines is 1. The zero-order valence-corrected chi connectivity index (χ0v) is 11.9. The standard InChI is InChI=1S/C13H14BrN3O2/c14-10-5-6-15-11(9-10)16-12(18)3-4-13(19)17-7-1-2-8-17/h3-6,9H,1-2,7-8H2,(H,15,16,18)/b4-3-. The zero-order chi connectivity index (χ0) is 13.7. The molecule has 0 atom stereocenters. The second-order valence-corrected chi connectivity index (χ2v) is 5.13. The molecule has 1 fully saturated rings. The first kappa shape index (κ1) is 13.7. The molecule has 1 aromatic heterocycles. The van der Waals surface area contributed by atoms with Crippen LogP contribution in [-0.2, 0) is 9.59 Å². The zero-order valence-electron chi connectivity index (χ0n) is 10.3. The maximum atomic E-state index is 11.7. The number of nitrogens with one attached hydrogen (secondary N) is 1. The molecule has 2 amide bonds. The summed E-state index contributed by atoms with van der Waals surface area (Å²) in [5, 5.41) is 2.59. The summed E-state index contributed by atoms with van der Waals surface area (Å²) in [5.74, 6) is -0.0364. The molecular formula is C13H14BrN3O2. The Morgan fingerprint density at radius 2 is 2.05 bits per heavy atom. The van der Waals surface area contributed by atoms with Gasteiger partial charge in [0.25, 0.3) is 0 Å². The van der Waals surface area contributed by atoms with Crippen LogP contribution in [-0.4, -0.2) is 34.8 Å². The van der Waals surface area contributed by atoms with Crippen molar-refractivity contribution in [3.8, 4) is 0 Å². The van der Waals surface area contributed by atoms with Gasteiger partial charge in [-0.15, -0.1) is 0 Å². The minimum atomic E-state index is -0.363. The van der Waals surface area contributed by atoms with Crippen LogP contribution in [0.4, 0.5) is 5.82 Å². The van der Waals surface area contributed by atoms with Gasteiger partial charge in [-0.2, -0.15) is 0 Å². The fourth-order valence-electron chi connectivity index (χ4n) is 1.83. The van der Waals surface area contributed by atoms with Crippen molar-refractivity contribution in [1.29, 1.82) is 0 Å². The van der Waals surface area contributed by atoms with Gasteiger partial charge < -0.3 is 10.2 Å². The molecule has 6 heteroatoms. The van der Waals surface area contributed by atoms with Crippen molar-refractivity contribution in [1.82, 2.24) is 9.88 Å². The van der Waals surface area contributed by atoms with Gasteiger partial charge >= 0.3 is 0 Å². The van der Waals surface area contributed by atoms with E-state index in [0.717, 1.165) is 30.4 Å². The Bertz CT molecular complexity index is 510. The Morgan fingerprint density at radius 3 is 2.74 bits per heavy atom. The molecule has 0 aromatic carbocycles. The molecule has 0 aliphatic carbocycles. The first-order valence-electron chi connectivity index (χ1n) is 6.05. The normalized spacial score (nSPS) is 14.9. The minimum Gasteiger partial charge on any atom is -0.339 e. The summed E-state index contributed by atoms with van der Waals surface area (Å²) in [6.45, 7) is 1.55. The molecule has 0 bridgehead atoms. The van der Waals surface area contributed by atoms with E-state index in [1.165, 1.54) is 12.2 Å². The van der Waals surface area contributed by atoms with Crippen LogP contribution in [0.2, 0.25) is 0 Å². The molecule has 2 heterocycles. The third-order valence-electron chi connectivity index (χ3n) is 2.77. The van der Waals surface area contributed by atoms with Gasteiger partial charge in [0.1, 0.15) is 5.82 Å². The number of amides is 2. The van der Waals surface area contributed by atoms with Crippen molar-refractivity contribution in [3.63, 3.8) is 0 Å². The van der Waals surface area contributed by atoms with Gasteiger partial charge in [0.15, 0.2) is 0 Å². The van der Waals surface area contributed by atoms with Crippen LogP contribution in [0.15, 0.2) is 35.0 Å². The summed E-state index contributed by atoms with van der Waals surface area (Å²) in [6.07, 6.45) is 6.20. The smallest absolute Gasteiger partial charge is 0.249 e. The Kier molecular flexibility index (Phi) is 4.68. The van der Waals surface area contributed by atoms with Crippen LogP contribution in [0.25, 0.3) is 0 Å². The Balaban J connectivity index is 1.88. The quantitative estimate of drug-likeness (QED) is 0.865. The van der Waals surface area contributed by atoms with Crippen LogP contribution < -0.4 is 5.32 Å². The van der Waals surface area contributed by atoms with Crippen LogP contribution in [0.3, 0.4) is 0 Å². The topological polar surface area (TPSA) is 62.3 Å². The predicted molar refractivity (Wildman–Crippen MR) is 75.5 cm³/mol. The van der Waals surface area contributed by atoms with Crippen LogP contribution in [0, 0.1) is 0 Å². The van der Waals surface area contributed by atoms with E-state index in [9.17, 15) is 9.59 Å². The number of halogens is 1. The van der Waals surface area contributed by atoms with Gasteiger partial charge in [-0.25, -0.2) is 4.98 Å². The highest BCUT2D eigenvalue weighted by atomic mass is 79.9. The number of carbonyl (C=O) groups excluding carboxylic acids is 2. The van der Waals surface area contributed by atoms with Gasteiger partial charge in [0.05, 0.1) is 0 Å². The van der Waals surface area contributed by atoms with E-state index < -0.39 is 0 Å². The van der Waals surface area contributed by atoms with Gasteiger partial charge in [-0.1, -0.05) is 15.9 Å². The molecule has 1 aromatic rings. The molecule has 0 spiro atoms. The molecule has 1 saturated heterocycles. The Labute approximate surface area is 119 Å². The average molecular weight is 324 g/mol. The minimum absolute atomic E-state index is 0.116. The molecule has 1 aliphatic heterocycles. The molecule has 1 aliphatic rings. The van der Waals surface area contributed by atoms with Crippen molar-refractivity contribution in [3.05, 3.63) is 35.0 Å². The van der Waals surface area contributed by atoms with Gasteiger partial charge in [0, 0.05) is 35.9 Å². The van der Waals surface area contributed by atoms with Crippen molar-refractivity contribution >= 4 is 33.6 Å². The second kappa shape index (κ2) is 6.47. The van der Waals surface area contributed by atoms with Crippen molar-refractivity contribution < 1.29 is 9.59 Å². The van der Waals surface area contributed by atoms with E-state index >= 15 is 0 Å². The summed E-state index contributed by atoms with van der Waals surface area (Å²) in [5.41, 5.74) is 0. The van der Waals surface area contributed by atoms with E-state index in [1.54, 1.807) is 23.2 Å². The first-order valence-corrected chi connectivity index (χ1v) is 6.84. The van der Waals surface area contributed by atoms with Gasteiger partial charge in [-0.3, -0.25) is 9.59 Å². The molecule has 0 radical (unpaired) electrons. The molecule has 2 rings (SSSR count). The number of nitrogens with zero attached hydrogens (tertiary/aromatic N) is 2. The summed E-state index contributed by atoms with van der Waals surface area (Å²) in [4.78, 5) is 29.0. The molecule has 1 N–H and O–H groups in total. The number of aromatic nitrogens is 1. The number of rotatable bonds is 3. The number of hydrogen-bond donors (Lipinski definition) is 1. The van der Waals surface area contributed by atoms with E-state index in [4.69, 9.17) is 0 Å². The summed E-state index contributed by atoms with van der Waals surface area (Å²) in [7, 11) is 0. The molecular weight excluding hydrogens is 310 g/mol. The monoisotopic (exact) mass is 323 g/mol. The second-order valence-electron chi connectivity index (χ2n) is 4.21. The number of likely N-dealkylation sites (tertiary alicyclic amines) is 1. The molecule has 19 heavy (non-hydrogen) atoms. The lowest BCUT2D eigenvalue weighted by Crippen LogP contribution is -2.26. The van der Waals surface area contributed by atoms with E-state index in [-0.39, 0.29) is 11.8 Å². The highest BCUT2D eigenvalue weighted by molar-refractivity contribution is 9.10. The van der Waals surface area contributed by atoms with E-state index in [1.807, 2.05) is 0 Å². The van der Waals surface area contributed by atoms with Crippen molar-refractivity contribution in [2.45, 2.75) is 12.8 Å². The number of pyridine rings is 1. The lowest BCUT2D eigenvalue weighted by molar-refractivity contribution is -0.125. The SMILES string of the molecule is O=C(/C=C\C(=O)N1CCCC1)Nc1cc(Br)ccn1. The van der Waals surface area contributed by atoms with Crippen LogP contribution >= 0.6 is 15.9 Å². The van der Waals surface area contributed by atoms with Crippen molar-refractivity contribution in [2.75, 3.05) is 18.4 Å². The number of hydrogen-bond acceptors (Lipinski definition) is 3. The fourth-order valence-corrected chi connectivity index (χ4v) is 2.17. The van der Waals surface area contributed by atoms with Crippen molar-refractivity contribution in [2.24, 2.45) is 0 Å². The predicted octanol–water partition coefficient (Wildman–Crippen LogP) is 1.96. The third-order valence-corrected chi connectivity index (χ3v) is 3.26. The highest BCUT2D eigenvalue weighted by Gasteiger charge is 2.15. The van der Waals surface area contributed by atoms with Gasteiger partial charge in [0.2, 0.25) is 11.8 Å². The third kappa shape index (κ3) is 4.17. The average Bonchev–Trinajstić information content (AvgIpc) is 2.90. The first-order chi connectivity index (χ1) is 9.15. The van der Waals surface area contributed by atoms with Crippen LogP contribution in [0.5, 0.6) is 0 Å². The van der Waals surface area contributed by atoms with E-state index in [0.29, 0.717) is 5.82 Å². The Hall–Kier alpha value is -1.69. The maximum Gasteiger partial charge on any atom is 0.249 e. The fraction of sp³-hybridized carbons (Fsp3) is 0.308. The van der Waals surface area contributed by atoms with Gasteiger partial charge in [-0.05, 0) is 25.0 Å². The molecule has 5 nitrogen and oxygen atoms in total. The number of carbonyl (C=O) groups is 2. The molecule has 0 unspecified atom stereocenters. The lowest BCUT2D eigenvalue weighted by Gasteiger charge is -2.11. The largest absolute Gasteiger partial charge is 0.339 e.